The molecule has 1 N–H and O–H groups in total. The summed E-state index contributed by atoms with van der Waals surface area (Å²) in [6.07, 6.45) is 0. The summed E-state index contributed by atoms with van der Waals surface area (Å²) >= 11 is 0. The first-order valence-corrected chi connectivity index (χ1v) is 6.15. The Hall–Kier alpha value is -2.62. The molecule has 0 bridgehead atoms. The lowest BCUT2D eigenvalue weighted by Crippen LogP contribution is -2.03. The van der Waals surface area contributed by atoms with Gasteiger partial charge in [0.05, 0.1) is 12.8 Å². The molecule has 0 aliphatic rings. The highest BCUT2D eigenvalue weighted by atomic mass is 19.1. The summed E-state index contributed by atoms with van der Waals surface area (Å²) < 4.78 is 18.7. The van der Waals surface area contributed by atoms with Crippen molar-refractivity contribution in [3.63, 3.8) is 0 Å². The van der Waals surface area contributed by atoms with Gasteiger partial charge >= 0.3 is 0 Å². The van der Waals surface area contributed by atoms with Crippen LogP contribution < -0.4 is 10.2 Å². The number of aromatic amines is 1. The van der Waals surface area contributed by atoms with E-state index in [1.165, 1.54) is 31.4 Å². The molecule has 0 saturated carbocycles. The van der Waals surface area contributed by atoms with Crippen molar-refractivity contribution in [2.24, 2.45) is 0 Å². The van der Waals surface area contributed by atoms with E-state index in [1.54, 1.807) is 12.1 Å². The van der Waals surface area contributed by atoms with Gasteiger partial charge in [0, 0.05) is 22.5 Å². The average Bonchev–Trinajstić information content (AvgIpc) is 2.47. The second kappa shape index (κ2) is 4.81. The minimum absolute atomic E-state index is 0.110. The van der Waals surface area contributed by atoms with Gasteiger partial charge < -0.3 is 9.72 Å². The van der Waals surface area contributed by atoms with Gasteiger partial charge in [-0.1, -0.05) is 12.1 Å². The van der Waals surface area contributed by atoms with E-state index < -0.39 is 0 Å². The monoisotopic (exact) mass is 269 g/mol. The third-order valence-corrected chi connectivity index (χ3v) is 3.19. The molecule has 0 fully saturated rings. The number of fused-ring (bicyclic) bond motifs is 1. The lowest BCUT2D eigenvalue weighted by Gasteiger charge is -2.09. The highest BCUT2D eigenvalue weighted by Gasteiger charge is 2.10. The normalized spacial score (nSPS) is 10.7. The molecule has 0 amide bonds. The Labute approximate surface area is 114 Å². The first kappa shape index (κ1) is 12.4. The molecular weight excluding hydrogens is 257 g/mol. The number of ether oxygens (including phenoxy) is 1. The number of hydrogen-bond donors (Lipinski definition) is 1. The van der Waals surface area contributed by atoms with Crippen LogP contribution in [0.25, 0.3) is 22.2 Å². The van der Waals surface area contributed by atoms with E-state index in [4.69, 9.17) is 4.74 Å². The molecule has 0 aliphatic carbocycles. The van der Waals surface area contributed by atoms with E-state index in [-0.39, 0.29) is 11.2 Å². The molecule has 0 unspecified atom stereocenters. The highest BCUT2D eigenvalue weighted by molar-refractivity contribution is 5.82. The Morgan fingerprint density at radius 1 is 1.10 bits per heavy atom. The fraction of sp³-hybridized carbons (Fsp3) is 0.0625. The lowest BCUT2D eigenvalue weighted by atomic mass is 10.1. The maximum absolute atomic E-state index is 13.4. The van der Waals surface area contributed by atoms with Crippen LogP contribution in [-0.2, 0) is 0 Å². The molecule has 3 nitrogen and oxygen atoms in total. The first-order chi connectivity index (χ1) is 9.69. The molecule has 0 saturated heterocycles. The number of para-hydroxylation sites is 1. The van der Waals surface area contributed by atoms with Crippen molar-refractivity contribution in [1.29, 1.82) is 0 Å². The molecule has 0 aliphatic heterocycles. The molecule has 1 heterocycles. The van der Waals surface area contributed by atoms with Crippen LogP contribution in [0.5, 0.6) is 5.75 Å². The predicted molar refractivity (Wildman–Crippen MR) is 76.5 cm³/mol. The summed E-state index contributed by atoms with van der Waals surface area (Å²) in [5.74, 6) is 0.132. The summed E-state index contributed by atoms with van der Waals surface area (Å²) in [4.78, 5) is 15.2. The summed E-state index contributed by atoms with van der Waals surface area (Å²) in [5, 5.41) is 0.603. The van der Waals surface area contributed by atoms with Crippen LogP contribution >= 0.6 is 0 Å². The first-order valence-electron chi connectivity index (χ1n) is 6.15. The molecule has 2 aromatic carbocycles. The van der Waals surface area contributed by atoms with Crippen LogP contribution in [0, 0.1) is 5.82 Å². The van der Waals surface area contributed by atoms with Crippen molar-refractivity contribution in [3.8, 4) is 17.0 Å². The Bertz CT molecular complexity index is 839. The Balaban J connectivity index is 2.30. The minimum Gasteiger partial charge on any atom is -0.496 e. The zero-order valence-electron chi connectivity index (χ0n) is 10.8. The summed E-state index contributed by atoms with van der Waals surface area (Å²) in [6.45, 7) is 0. The predicted octanol–water partition coefficient (Wildman–Crippen LogP) is 3.34. The molecule has 0 radical (unpaired) electrons. The van der Waals surface area contributed by atoms with Gasteiger partial charge in [0.25, 0.3) is 0 Å². The maximum Gasteiger partial charge on any atom is 0.190 e. The van der Waals surface area contributed by atoms with E-state index >= 15 is 0 Å². The highest BCUT2D eigenvalue weighted by Crippen LogP contribution is 2.29. The topological polar surface area (TPSA) is 42.1 Å². The number of rotatable bonds is 2. The number of hydrogen-bond acceptors (Lipinski definition) is 2. The zero-order valence-corrected chi connectivity index (χ0v) is 10.8. The SMILES string of the molecule is COc1ccc(F)cc1-c1cc(=O)c2ccccc2[nH]1. The van der Waals surface area contributed by atoms with Crippen LogP contribution in [0.4, 0.5) is 4.39 Å². The number of aromatic nitrogens is 1. The Morgan fingerprint density at radius 2 is 1.90 bits per heavy atom. The van der Waals surface area contributed by atoms with Gasteiger partial charge in [0.15, 0.2) is 5.43 Å². The Kier molecular flexibility index (Phi) is 2.99. The number of halogens is 1. The minimum atomic E-state index is -0.380. The van der Waals surface area contributed by atoms with Crippen LogP contribution in [0.2, 0.25) is 0 Å². The van der Waals surface area contributed by atoms with Gasteiger partial charge in [-0.2, -0.15) is 0 Å². The summed E-state index contributed by atoms with van der Waals surface area (Å²) in [5.41, 5.74) is 1.65. The number of methoxy groups -OCH3 is 1. The van der Waals surface area contributed by atoms with Gasteiger partial charge in [0.2, 0.25) is 0 Å². The molecule has 20 heavy (non-hydrogen) atoms. The molecule has 0 atom stereocenters. The number of nitrogens with one attached hydrogen (secondary N) is 1. The van der Waals surface area contributed by atoms with Gasteiger partial charge in [-0.3, -0.25) is 4.79 Å². The second-order valence-electron chi connectivity index (χ2n) is 4.44. The van der Waals surface area contributed by atoms with E-state index in [9.17, 15) is 9.18 Å². The number of pyridine rings is 1. The van der Waals surface area contributed by atoms with Crippen molar-refractivity contribution in [2.45, 2.75) is 0 Å². The zero-order chi connectivity index (χ0) is 14.1. The van der Waals surface area contributed by atoms with Crippen molar-refractivity contribution < 1.29 is 9.13 Å². The smallest absolute Gasteiger partial charge is 0.190 e. The van der Waals surface area contributed by atoms with E-state index in [2.05, 4.69) is 4.98 Å². The van der Waals surface area contributed by atoms with Gasteiger partial charge in [0.1, 0.15) is 11.6 Å². The Morgan fingerprint density at radius 3 is 2.70 bits per heavy atom. The average molecular weight is 269 g/mol. The van der Waals surface area contributed by atoms with E-state index in [0.717, 1.165) is 0 Å². The van der Waals surface area contributed by atoms with E-state index in [1.807, 2.05) is 12.1 Å². The van der Waals surface area contributed by atoms with Crippen molar-refractivity contribution in [1.82, 2.24) is 4.98 Å². The molecule has 4 heteroatoms. The maximum atomic E-state index is 13.4. The molecule has 0 spiro atoms. The summed E-state index contributed by atoms with van der Waals surface area (Å²) in [6, 6.07) is 12.9. The fourth-order valence-electron chi connectivity index (χ4n) is 2.23. The van der Waals surface area contributed by atoms with Crippen LogP contribution in [-0.4, -0.2) is 12.1 Å². The molecule has 100 valence electrons. The van der Waals surface area contributed by atoms with Crippen LogP contribution in [0.1, 0.15) is 0 Å². The van der Waals surface area contributed by atoms with E-state index in [0.29, 0.717) is 27.9 Å². The van der Waals surface area contributed by atoms with Crippen LogP contribution in [0.3, 0.4) is 0 Å². The number of H-pyrrole nitrogens is 1. The molecule has 3 rings (SSSR count). The van der Waals surface area contributed by atoms with Gasteiger partial charge in [-0.05, 0) is 30.3 Å². The van der Waals surface area contributed by atoms with Crippen molar-refractivity contribution >= 4 is 10.9 Å². The second-order valence-corrected chi connectivity index (χ2v) is 4.44. The van der Waals surface area contributed by atoms with Gasteiger partial charge in [-0.25, -0.2) is 4.39 Å². The van der Waals surface area contributed by atoms with Crippen molar-refractivity contribution in [3.05, 3.63) is 64.6 Å². The standard InChI is InChI=1S/C16H12FNO2/c1-20-16-7-6-10(17)8-12(16)14-9-15(19)11-4-2-3-5-13(11)18-14/h2-9H,1H3,(H,18,19). The van der Waals surface area contributed by atoms with Gasteiger partial charge in [-0.15, -0.1) is 0 Å². The molecule has 3 aromatic rings. The largest absolute Gasteiger partial charge is 0.496 e. The third kappa shape index (κ3) is 2.05. The molecular formula is C16H12FNO2. The quantitative estimate of drug-likeness (QED) is 0.775. The fourth-order valence-corrected chi connectivity index (χ4v) is 2.23. The van der Waals surface area contributed by atoms with Crippen molar-refractivity contribution in [2.75, 3.05) is 7.11 Å². The molecule has 1 aromatic heterocycles. The summed E-state index contributed by atoms with van der Waals surface area (Å²) in [7, 11) is 1.51. The van der Waals surface area contributed by atoms with Crippen LogP contribution in [0.15, 0.2) is 53.3 Å². The third-order valence-electron chi connectivity index (χ3n) is 3.19. The number of benzene rings is 2. The lowest BCUT2D eigenvalue weighted by molar-refractivity contribution is 0.415.